The molecule has 3 N–H and O–H groups in total. The van der Waals surface area contributed by atoms with Crippen LogP contribution in [-0.2, 0) is 4.74 Å². The summed E-state index contributed by atoms with van der Waals surface area (Å²) < 4.78 is 10.8. The SMILES string of the molecule is CCOc1cc2c(N3C[C@@H]4NC(=O)O[C@@H]4C3)ncnc2cc1C(N)=O. The first kappa shape index (κ1) is 15.4. The lowest BCUT2D eigenvalue weighted by Gasteiger charge is -2.20. The highest BCUT2D eigenvalue weighted by Crippen LogP contribution is 2.32. The highest BCUT2D eigenvalue weighted by molar-refractivity contribution is 6.02. The smallest absolute Gasteiger partial charge is 0.407 e. The van der Waals surface area contributed by atoms with Crippen LogP contribution >= 0.6 is 0 Å². The van der Waals surface area contributed by atoms with Crippen molar-refractivity contribution in [3.05, 3.63) is 24.0 Å². The summed E-state index contributed by atoms with van der Waals surface area (Å²) in [6.07, 6.45) is 0.858. The lowest BCUT2D eigenvalue weighted by atomic mass is 10.1. The molecule has 0 aliphatic carbocycles. The van der Waals surface area contributed by atoms with E-state index >= 15 is 0 Å². The summed E-state index contributed by atoms with van der Waals surface area (Å²) in [5.74, 6) is 0.536. The fourth-order valence-corrected chi connectivity index (χ4v) is 3.32. The third-order valence-electron chi connectivity index (χ3n) is 4.41. The average Bonchev–Trinajstić information content (AvgIpc) is 3.11. The summed E-state index contributed by atoms with van der Waals surface area (Å²) in [5.41, 5.74) is 6.33. The van der Waals surface area contributed by atoms with Crippen LogP contribution in [0.25, 0.3) is 10.9 Å². The van der Waals surface area contributed by atoms with Gasteiger partial charge in [-0.15, -0.1) is 0 Å². The van der Waals surface area contributed by atoms with E-state index in [1.54, 1.807) is 12.1 Å². The number of carbonyl (C=O) groups is 2. The molecule has 1 aromatic heterocycles. The molecule has 0 spiro atoms. The van der Waals surface area contributed by atoms with Crippen molar-refractivity contribution in [2.45, 2.75) is 19.1 Å². The number of primary amides is 1. The number of benzene rings is 1. The van der Waals surface area contributed by atoms with Gasteiger partial charge in [-0.25, -0.2) is 14.8 Å². The number of fused-ring (bicyclic) bond motifs is 2. The Bertz CT molecular complexity index is 855. The van der Waals surface area contributed by atoms with E-state index < -0.39 is 5.91 Å². The fourth-order valence-electron chi connectivity index (χ4n) is 3.32. The number of aromatic nitrogens is 2. The maximum Gasteiger partial charge on any atom is 0.407 e. The van der Waals surface area contributed by atoms with Gasteiger partial charge in [0.05, 0.1) is 30.3 Å². The molecule has 9 heteroatoms. The Kier molecular flexibility index (Phi) is 3.56. The third kappa shape index (κ3) is 2.57. The molecule has 0 unspecified atom stereocenters. The number of carbonyl (C=O) groups excluding carboxylic acids is 2. The van der Waals surface area contributed by atoms with E-state index in [1.807, 2.05) is 11.8 Å². The minimum atomic E-state index is -0.572. The molecule has 0 saturated carbocycles. The molecule has 1 aromatic carbocycles. The number of nitrogens with zero attached hydrogens (tertiary/aromatic N) is 3. The van der Waals surface area contributed by atoms with Crippen LogP contribution in [0.3, 0.4) is 0 Å². The molecule has 2 amide bonds. The van der Waals surface area contributed by atoms with E-state index in [0.29, 0.717) is 36.8 Å². The number of rotatable bonds is 4. The minimum Gasteiger partial charge on any atom is -0.493 e. The zero-order valence-electron chi connectivity index (χ0n) is 13.6. The fraction of sp³-hybridized carbons (Fsp3) is 0.375. The van der Waals surface area contributed by atoms with Crippen molar-refractivity contribution >= 4 is 28.7 Å². The van der Waals surface area contributed by atoms with Crippen molar-refractivity contribution in [2.24, 2.45) is 5.73 Å². The molecule has 2 fully saturated rings. The van der Waals surface area contributed by atoms with Gasteiger partial charge in [-0.2, -0.15) is 0 Å². The summed E-state index contributed by atoms with van der Waals surface area (Å²) in [6, 6.07) is 3.29. The van der Waals surface area contributed by atoms with Crippen molar-refractivity contribution in [3.8, 4) is 5.75 Å². The second-order valence-corrected chi connectivity index (χ2v) is 5.96. The molecule has 0 radical (unpaired) electrons. The molecule has 2 aliphatic heterocycles. The van der Waals surface area contributed by atoms with Crippen LogP contribution < -0.4 is 20.7 Å². The van der Waals surface area contributed by atoms with Crippen LogP contribution in [0, 0.1) is 0 Å². The molecule has 2 aromatic rings. The zero-order chi connectivity index (χ0) is 17.6. The molecule has 4 rings (SSSR count). The van der Waals surface area contributed by atoms with Crippen LogP contribution in [0.2, 0.25) is 0 Å². The van der Waals surface area contributed by atoms with Crippen molar-refractivity contribution in [3.63, 3.8) is 0 Å². The van der Waals surface area contributed by atoms with Gasteiger partial charge in [0.1, 0.15) is 24.0 Å². The van der Waals surface area contributed by atoms with E-state index in [0.717, 1.165) is 5.39 Å². The predicted octanol–water partition coefficient (Wildman–Crippen LogP) is 0.424. The van der Waals surface area contributed by atoms with Crippen molar-refractivity contribution in [2.75, 3.05) is 24.6 Å². The first-order valence-corrected chi connectivity index (χ1v) is 8.00. The van der Waals surface area contributed by atoms with Gasteiger partial charge in [0.25, 0.3) is 5.91 Å². The number of ether oxygens (including phenoxy) is 2. The summed E-state index contributed by atoms with van der Waals surface area (Å²) in [4.78, 5) is 33.6. The summed E-state index contributed by atoms with van der Waals surface area (Å²) in [7, 11) is 0. The van der Waals surface area contributed by atoms with Crippen LogP contribution in [0.1, 0.15) is 17.3 Å². The largest absolute Gasteiger partial charge is 0.493 e. The Morgan fingerprint density at radius 2 is 2.28 bits per heavy atom. The first-order valence-electron chi connectivity index (χ1n) is 8.00. The lowest BCUT2D eigenvalue weighted by molar-refractivity contribution is 0.0996. The number of nitrogens with two attached hydrogens (primary N) is 1. The Labute approximate surface area is 143 Å². The van der Waals surface area contributed by atoms with Gasteiger partial charge in [0.2, 0.25) is 0 Å². The van der Waals surface area contributed by atoms with E-state index in [-0.39, 0.29) is 23.8 Å². The molecule has 2 saturated heterocycles. The van der Waals surface area contributed by atoms with Crippen LogP contribution in [0.15, 0.2) is 18.5 Å². The summed E-state index contributed by atoms with van der Waals surface area (Å²) in [6.45, 7) is 3.36. The van der Waals surface area contributed by atoms with E-state index in [1.165, 1.54) is 6.33 Å². The number of nitrogens with one attached hydrogen (secondary N) is 1. The van der Waals surface area contributed by atoms with Crippen molar-refractivity contribution < 1.29 is 19.1 Å². The number of amides is 2. The number of alkyl carbamates (subject to hydrolysis) is 1. The topological polar surface area (TPSA) is 120 Å². The van der Waals surface area contributed by atoms with Crippen molar-refractivity contribution in [1.82, 2.24) is 15.3 Å². The quantitative estimate of drug-likeness (QED) is 0.825. The Morgan fingerprint density at radius 1 is 1.44 bits per heavy atom. The van der Waals surface area contributed by atoms with Crippen LogP contribution in [-0.4, -0.2) is 53.8 Å². The summed E-state index contributed by atoms with van der Waals surface area (Å²) >= 11 is 0. The molecule has 3 heterocycles. The molecular weight excluding hydrogens is 326 g/mol. The minimum absolute atomic E-state index is 0.0613. The Balaban J connectivity index is 1.76. The van der Waals surface area contributed by atoms with E-state index in [4.69, 9.17) is 15.2 Å². The monoisotopic (exact) mass is 343 g/mol. The molecule has 2 atom stereocenters. The second kappa shape index (κ2) is 5.76. The molecule has 2 aliphatic rings. The molecule has 25 heavy (non-hydrogen) atoms. The van der Waals surface area contributed by atoms with Gasteiger partial charge < -0.3 is 25.4 Å². The maximum absolute atomic E-state index is 11.7. The van der Waals surface area contributed by atoms with E-state index in [9.17, 15) is 9.59 Å². The zero-order valence-corrected chi connectivity index (χ0v) is 13.6. The van der Waals surface area contributed by atoms with Gasteiger partial charge in [0.15, 0.2) is 0 Å². The molecular formula is C16H17N5O4. The van der Waals surface area contributed by atoms with Crippen molar-refractivity contribution in [1.29, 1.82) is 0 Å². The van der Waals surface area contributed by atoms with Gasteiger partial charge in [-0.1, -0.05) is 0 Å². The van der Waals surface area contributed by atoms with E-state index in [2.05, 4.69) is 15.3 Å². The Morgan fingerprint density at radius 3 is 3.00 bits per heavy atom. The molecule has 130 valence electrons. The van der Waals surface area contributed by atoms with Crippen LogP contribution in [0.5, 0.6) is 5.75 Å². The van der Waals surface area contributed by atoms with Gasteiger partial charge >= 0.3 is 6.09 Å². The van der Waals surface area contributed by atoms with Gasteiger partial charge in [0, 0.05) is 11.9 Å². The Hall–Kier alpha value is -3.10. The van der Waals surface area contributed by atoms with Gasteiger partial charge in [-0.05, 0) is 19.1 Å². The maximum atomic E-state index is 11.7. The highest BCUT2D eigenvalue weighted by atomic mass is 16.6. The standard InChI is InChI=1S/C16H17N5O4/c1-2-24-12-4-8-10(3-9(12)14(17)22)18-7-19-15(8)21-5-11-13(6-21)25-16(23)20-11/h3-4,7,11,13H,2,5-6H2,1H3,(H2,17,22)(H,20,23)/t11-,13+/m0/s1. The molecule has 0 bridgehead atoms. The second-order valence-electron chi connectivity index (χ2n) is 5.96. The van der Waals surface area contributed by atoms with Crippen LogP contribution in [0.4, 0.5) is 10.6 Å². The normalized spacial score (nSPS) is 21.8. The number of hydrogen-bond acceptors (Lipinski definition) is 7. The lowest BCUT2D eigenvalue weighted by Crippen LogP contribution is -2.32. The average molecular weight is 343 g/mol. The number of anilines is 1. The highest BCUT2D eigenvalue weighted by Gasteiger charge is 2.42. The molecule has 9 nitrogen and oxygen atoms in total. The third-order valence-corrected chi connectivity index (χ3v) is 4.41. The van der Waals surface area contributed by atoms with Gasteiger partial charge in [-0.3, -0.25) is 4.79 Å². The predicted molar refractivity (Wildman–Crippen MR) is 88.6 cm³/mol. The number of hydrogen-bond donors (Lipinski definition) is 2. The summed E-state index contributed by atoms with van der Waals surface area (Å²) in [5, 5.41) is 3.54. The first-order chi connectivity index (χ1) is 12.1.